The van der Waals surface area contributed by atoms with Crippen molar-refractivity contribution in [3.8, 4) is 11.5 Å². The number of rotatable bonds is 19. The molecular formula is C33H46N4O8S. The van der Waals surface area contributed by atoms with E-state index in [1.807, 2.05) is 82.3 Å². The second-order valence-electron chi connectivity index (χ2n) is 11.6. The first-order chi connectivity index (χ1) is 21.9. The zero-order valence-corrected chi connectivity index (χ0v) is 27.7. The van der Waals surface area contributed by atoms with Gasteiger partial charge in [-0.3, -0.25) is 19.2 Å². The molecule has 2 aromatic carbocycles. The molecule has 0 unspecified atom stereocenters. The Morgan fingerprint density at radius 1 is 0.783 bits per heavy atom. The van der Waals surface area contributed by atoms with E-state index in [1.165, 1.54) is 0 Å². The number of para-hydroxylation sites is 2. The van der Waals surface area contributed by atoms with Crippen LogP contribution < -0.4 is 26.0 Å². The van der Waals surface area contributed by atoms with Crippen LogP contribution in [0.1, 0.15) is 52.5 Å². The number of amides is 4. The number of hydrogen-bond acceptors (Lipinski definition) is 8. The van der Waals surface area contributed by atoms with Gasteiger partial charge < -0.3 is 35.8 Å². The van der Waals surface area contributed by atoms with E-state index in [1.54, 1.807) is 0 Å². The lowest BCUT2D eigenvalue weighted by atomic mass is 10.0. The summed E-state index contributed by atoms with van der Waals surface area (Å²) in [7, 11) is 0. The zero-order valence-electron chi connectivity index (χ0n) is 26.8. The third kappa shape index (κ3) is 14.2. The molecule has 0 aliphatic rings. The number of benzene rings is 2. The highest BCUT2D eigenvalue weighted by Gasteiger charge is 2.30. The van der Waals surface area contributed by atoms with E-state index >= 15 is 0 Å². The highest BCUT2D eigenvalue weighted by Crippen LogP contribution is 2.25. The summed E-state index contributed by atoms with van der Waals surface area (Å²) in [6, 6.07) is 13.5. The fourth-order valence-corrected chi connectivity index (χ4v) is 4.53. The lowest BCUT2D eigenvalue weighted by molar-refractivity contribution is -0.137. The van der Waals surface area contributed by atoms with Gasteiger partial charge in [-0.05, 0) is 54.9 Å². The second-order valence-corrected chi connectivity index (χ2v) is 12.0. The van der Waals surface area contributed by atoms with Crippen LogP contribution in [0.15, 0.2) is 54.6 Å². The van der Waals surface area contributed by atoms with Crippen LogP contribution in [-0.4, -0.2) is 71.9 Å². The molecule has 2 aromatic rings. The molecule has 0 saturated heterocycles. The Hall–Kier alpha value is -4.26. The second kappa shape index (κ2) is 20.0. The molecule has 0 aliphatic heterocycles. The number of alkyl carbamates (subject to hydrolysis) is 1. The summed E-state index contributed by atoms with van der Waals surface area (Å²) in [5, 5.41) is 19.6. The standard InChI is InChI=1S/C33H46N4O8S/c1-21(2)18-26(35-31(41)25(14-15-29(38)39)37-33(43)44-19-22(3)4)32(42)36-27(20-46)30(40)34-17-16-23-10-8-9-13-28(23)45-24-11-6-5-7-12-24/h5-13,21-22,25-27,46H,14-20H2,1-4H3,(H,34,40)(H,35,41)(H,36,42)(H,37,43)(H,38,39)/t25-,26-,27-/m0/s1. The minimum absolute atomic E-state index is 0.00188. The van der Waals surface area contributed by atoms with Crippen molar-refractivity contribution in [2.45, 2.75) is 71.5 Å². The lowest BCUT2D eigenvalue weighted by Gasteiger charge is -2.25. The van der Waals surface area contributed by atoms with Crippen molar-refractivity contribution in [1.82, 2.24) is 21.3 Å². The van der Waals surface area contributed by atoms with E-state index in [0.717, 1.165) is 5.56 Å². The zero-order chi connectivity index (χ0) is 34.1. The van der Waals surface area contributed by atoms with E-state index in [4.69, 9.17) is 14.6 Å². The van der Waals surface area contributed by atoms with E-state index in [0.29, 0.717) is 17.9 Å². The SMILES string of the molecule is CC(C)COC(=O)N[C@@H](CCC(=O)O)C(=O)N[C@@H](CC(C)C)C(=O)N[C@@H](CS)C(=O)NCCc1ccccc1Oc1ccccc1. The van der Waals surface area contributed by atoms with Gasteiger partial charge in [0.1, 0.15) is 29.6 Å². The quantitative estimate of drug-likeness (QED) is 0.124. The first-order valence-electron chi connectivity index (χ1n) is 15.3. The average Bonchev–Trinajstić information content (AvgIpc) is 3.01. The summed E-state index contributed by atoms with van der Waals surface area (Å²) >= 11 is 4.25. The van der Waals surface area contributed by atoms with Crippen LogP contribution in [0.5, 0.6) is 11.5 Å². The number of carbonyl (C=O) groups excluding carboxylic acids is 4. The topological polar surface area (TPSA) is 172 Å². The summed E-state index contributed by atoms with van der Waals surface area (Å²) in [6.45, 7) is 7.78. The highest BCUT2D eigenvalue weighted by atomic mass is 32.1. The van der Waals surface area contributed by atoms with Gasteiger partial charge in [-0.15, -0.1) is 0 Å². The van der Waals surface area contributed by atoms with Crippen LogP contribution in [0.4, 0.5) is 4.79 Å². The molecule has 252 valence electrons. The van der Waals surface area contributed by atoms with Crippen molar-refractivity contribution >= 4 is 42.4 Å². The molecule has 0 aliphatic carbocycles. The predicted molar refractivity (Wildman–Crippen MR) is 177 cm³/mol. The van der Waals surface area contributed by atoms with Crippen LogP contribution in [0.2, 0.25) is 0 Å². The Labute approximate surface area is 275 Å². The largest absolute Gasteiger partial charge is 0.481 e. The molecule has 46 heavy (non-hydrogen) atoms. The Morgan fingerprint density at radius 2 is 1.41 bits per heavy atom. The normalized spacial score (nSPS) is 12.8. The first-order valence-corrected chi connectivity index (χ1v) is 16.0. The van der Waals surface area contributed by atoms with E-state index in [9.17, 15) is 24.0 Å². The fourth-order valence-electron chi connectivity index (χ4n) is 4.27. The van der Waals surface area contributed by atoms with E-state index in [2.05, 4.69) is 33.9 Å². The smallest absolute Gasteiger partial charge is 0.407 e. The lowest BCUT2D eigenvalue weighted by Crippen LogP contribution is -2.57. The number of nitrogens with one attached hydrogen (secondary N) is 4. The third-order valence-electron chi connectivity index (χ3n) is 6.60. The minimum atomic E-state index is -1.25. The van der Waals surface area contributed by atoms with Crippen LogP contribution in [0.25, 0.3) is 0 Å². The molecule has 0 fully saturated rings. The van der Waals surface area contributed by atoms with Crippen molar-refractivity contribution < 1.29 is 38.6 Å². The van der Waals surface area contributed by atoms with Gasteiger partial charge in [0.15, 0.2) is 0 Å². The molecule has 0 heterocycles. The molecule has 5 N–H and O–H groups in total. The van der Waals surface area contributed by atoms with Gasteiger partial charge in [-0.1, -0.05) is 64.1 Å². The molecule has 0 aromatic heterocycles. The number of ether oxygens (including phenoxy) is 2. The highest BCUT2D eigenvalue weighted by molar-refractivity contribution is 7.80. The average molecular weight is 659 g/mol. The number of carbonyl (C=O) groups is 5. The molecule has 2 rings (SSSR count). The molecule has 0 radical (unpaired) electrons. The predicted octanol–water partition coefficient (Wildman–Crippen LogP) is 3.70. The first kappa shape index (κ1) is 37.9. The third-order valence-corrected chi connectivity index (χ3v) is 6.96. The summed E-state index contributed by atoms with van der Waals surface area (Å²) in [6.07, 6.45) is -0.785. The number of carboxylic acids is 1. The number of carboxylic acid groups (broad SMARTS) is 1. The summed E-state index contributed by atoms with van der Waals surface area (Å²) in [5.41, 5.74) is 0.886. The molecule has 13 heteroatoms. The Kier molecular flexibility index (Phi) is 16.5. The van der Waals surface area contributed by atoms with Gasteiger partial charge in [-0.2, -0.15) is 12.6 Å². The van der Waals surface area contributed by atoms with Crippen LogP contribution in [-0.2, 0) is 30.3 Å². The summed E-state index contributed by atoms with van der Waals surface area (Å²) in [5.74, 6) is -1.58. The van der Waals surface area contributed by atoms with E-state index < -0.39 is 54.3 Å². The number of hydrogen-bond donors (Lipinski definition) is 6. The summed E-state index contributed by atoms with van der Waals surface area (Å²) < 4.78 is 11.1. The van der Waals surface area contributed by atoms with Crippen molar-refractivity contribution in [2.24, 2.45) is 11.8 Å². The fraction of sp³-hybridized carbons (Fsp3) is 0.485. The van der Waals surface area contributed by atoms with Gasteiger partial charge in [0.2, 0.25) is 17.7 Å². The minimum Gasteiger partial charge on any atom is -0.481 e. The van der Waals surface area contributed by atoms with Crippen LogP contribution in [0, 0.1) is 11.8 Å². The Morgan fingerprint density at radius 3 is 2.04 bits per heavy atom. The molecule has 0 saturated carbocycles. The molecule has 3 atom stereocenters. The van der Waals surface area contributed by atoms with Gasteiger partial charge in [-0.25, -0.2) is 4.79 Å². The monoisotopic (exact) mass is 658 g/mol. The van der Waals surface area contributed by atoms with Gasteiger partial charge in [0.05, 0.1) is 6.61 Å². The van der Waals surface area contributed by atoms with Crippen LogP contribution in [0.3, 0.4) is 0 Å². The van der Waals surface area contributed by atoms with Crippen molar-refractivity contribution in [3.63, 3.8) is 0 Å². The number of thiol groups is 1. The van der Waals surface area contributed by atoms with Crippen LogP contribution >= 0.6 is 12.6 Å². The van der Waals surface area contributed by atoms with Crippen molar-refractivity contribution in [1.29, 1.82) is 0 Å². The van der Waals surface area contributed by atoms with Gasteiger partial charge in [0.25, 0.3) is 0 Å². The number of aliphatic carboxylic acids is 1. The van der Waals surface area contributed by atoms with Gasteiger partial charge >= 0.3 is 12.1 Å². The molecule has 0 spiro atoms. The Bertz CT molecular complexity index is 1290. The molecule has 12 nitrogen and oxygen atoms in total. The maximum Gasteiger partial charge on any atom is 0.407 e. The summed E-state index contributed by atoms with van der Waals surface area (Å²) in [4.78, 5) is 62.9. The maximum absolute atomic E-state index is 13.3. The molecular weight excluding hydrogens is 612 g/mol. The molecule has 4 amide bonds. The van der Waals surface area contributed by atoms with Crippen molar-refractivity contribution in [2.75, 3.05) is 18.9 Å². The molecule has 0 bridgehead atoms. The Balaban J connectivity index is 2.02. The van der Waals surface area contributed by atoms with Gasteiger partial charge in [0, 0.05) is 18.7 Å². The van der Waals surface area contributed by atoms with E-state index in [-0.39, 0.29) is 43.6 Å². The van der Waals surface area contributed by atoms with Crippen molar-refractivity contribution in [3.05, 3.63) is 60.2 Å². The maximum atomic E-state index is 13.3.